The molecule has 1 aliphatic heterocycles. The van der Waals surface area contributed by atoms with Crippen molar-refractivity contribution in [2.45, 2.75) is 17.9 Å². The summed E-state index contributed by atoms with van der Waals surface area (Å²) in [5.74, 6) is -0.0560. The summed E-state index contributed by atoms with van der Waals surface area (Å²) in [6.45, 7) is 2.58. The lowest BCUT2D eigenvalue weighted by Gasteiger charge is -2.26. The minimum atomic E-state index is -0.957. The summed E-state index contributed by atoms with van der Waals surface area (Å²) in [7, 11) is 0. The molecule has 0 atom stereocenters. The van der Waals surface area contributed by atoms with E-state index in [4.69, 9.17) is 9.84 Å². The number of aromatic carboxylic acids is 1. The van der Waals surface area contributed by atoms with Crippen molar-refractivity contribution in [3.05, 3.63) is 23.9 Å². The Hall–Kier alpha value is -1.60. The fourth-order valence-corrected chi connectivity index (χ4v) is 2.84. The summed E-state index contributed by atoms with van der Waals surface area (Å²) in [5, 5.41) is 9.58. The van der Waals surface area contributed by atoms with Gasteiger partial charge in [-0.15, -0.1) is 11.8 Å². The summed E-state index contributed by atoms with van der Waals surface area (Å²) >= 11 is 1.47. The summed E-state index contributed by atoms with van der Waals surface area (Å²) in [6.07, 6.45) is 2.75. The van der Waals surface area contributed by atoms with Gasteiger partial charge in [-0.3, -0.25) is 4.79 Å². The topological polar surface area (TPSA) is 79.7 Å². The molecule has 1 amide bonds. The summed E-state index contributed by atoms with van der Waals surface area (Å²) in [5.41, 5.74) is 0.233. The fraction of sp³-hybridized carbons (Fsp3) is 0.500. The molecule has 0 aliphatic carbocycles. The number of ether oxygens (including phenoxy) is 1. The van der Waals surface area contributed by atoms with E-state index < -0.39 is 5.97 Å². The number of rotatable bonds is 6. The Morgan fingerprint density at radius 3 is 2.86 bits per heavy atom. The molecule has 2 heterocycles. The molecular formula is C14H18N2O4S. The highest BCUT2D eigenvalue weighted by molar-refractivity contribution is 7.99. The van der Waals surface area contributed by atoms with Crippen LogP contribution < -0.4 is 0 Å². The zero-order chi connectivity index (χ0) is 15.1. The number of carboxylic acid groups (broad SMARTS) is 1. The number of pyridine rings is 1. The average molecular weight is 310 g/mol. The molecule has 1 aromatic rings. The molecule has 7 heteroatoms. The Balaban J connectivity index is 1.70. The van der Waals surface area contributed by atoms with Crippen LogP contribution in [0.25, 0.3) is 0 Å². The second kappa shape index (κ2) is 7.99. The molecule has 1 fully saturated rings. The lowest BCUT2D eigenvalue weighted by molar-refractivity contribution is -0.135. The van der Waals surface area contributed by atoms with E-state index in [0.29, 0.717) is 37.8 Å². The van der Waals surface area contributed by atoms with Crippen molar-refractivity contribution < 1.29 is 19.4 Å². The van der Waals surface area contributed by atoms with Crippen molar-refractivity contribution >= 4 is 23.6 Å². The van der Waals surface area contributed by atoms with Crippen LogP contribution in [0.5, 0.6) is 0 Å². The molecule has 0 saturated carbocycles. The van der Waals surface area contributed by atoms with E-state index in [1.165, 1.54) is 24.0 Å². The Labute approximate surface area is 127 Å². The molecule has 0 aromatic carbocycles. The minimum Gasteiger partial charge on any atom is -0.478 e. The number of morpholine rings is 1. The Bertz CT molecular complexity index is 504. The van der Waals surface area contributed by atoms with Gasteiger partial charge >= 0.3 is 5.97 Å². The summed E-state index contributed by atoms with van der Waals surface area (Å²) < 4.78 is 5.21. The van der Waals surface area contributed by atoms with Gasteiger partial charge in [0.25, 0.3) is 0 Å². The SMILES string of the molecule is O=C(O)c1ccnc(SCCCC(=O)N2CCOCC2)c1. The van der Waals surface area contributed by atoms with E-state index in [1.807, 2.05) is 4.90 Å². The van der Waals surface area contributed by atoms with Gasteiger partial charge in [-0.1, -0.05) is 0 Å². The number of hydrogen-bond donors (Lipinski definition) is 1. The van der Waals surface area contributed by atoms with E-state index in [0.717, 1.165) is 12.2 Å². The van der Waals surface area contributed by atoms with Crippen LogP contribution in [0.2, 0.25) is 0 Å². The van der Waals surface area contributed by atoms with Crippen LogP contribution in [0.3, 0.4) is 0 Å². The van der Waals surface area contributed by atoms with Gasteiger partial charge in [0, 0.05) is 25.7 Å². The molecule has 6 nitrogen and oxygen atoms in total. The molecule has 0 unspecified atom stereocenters. The third kappa shape index (κ3) is 5.02. The lowest BCUT2D eigenvalue weighted by atomic mass is 10.3. The number of hydrogen-bond acceptors (Lipinski definition) is 5. The summed E-state index contributed by atoms with van der Waals surface area (Å²) in [6, 6.07) is 3.02. The van der Waals surface area contributed by atoms with Gasteiger partial charge in [0.05, 0.1) is 23.8 Å². The largest absolute Gasteiger partial charge is 0.478 e. The number of amides is 1. The second-order valence-electron chi connectivity index (χ2n) is 4.63. The first kappa shape index (κ1) is 15.8. The van der Waals surface area contributed by atoms with Gasteiger partial charge in [-0.25, -0.2) is 9.78 Å². The van der Waals surface area contributed by atoms with Gasteiger partial charge in [0.1, 0.15) is 0 Å². The van der Waals surface area contributed by atoms with Gasteiger partial charge in [-0.05, 0) is 24.3 Å². The average Bonchev–Trinajstić information content (AvgIpc) is 2.52. The van der Waals surface area contributed by atoms with Crippen molar-refractivity contribution in [1.29, 1.82) is 0 Å². The van der Waals surface area contributed by atoms with E-state index in [2.05, 4.69) is 4.98 Å². The van der Waals surface area contributed by atoms with Crippen molar-refractivity contribution in [3.8, 4) is 0 Å². The Morgan fingerprint density at radius 1 is 1.38 bits per heavy atom. The van der Waals surface area contributed by atoms with E-state index in [9.17, 15) is 9.59 Å². The maximum absolute atomic E-state index is 11.9. The van der Waals surface area contributed by atoms with E-state index >= 15 is 0 Å². The van der Waals surface area contributed by atoms with Gasteiger partial charge in [-0.2, -0.15) is 0 Å². The van der Waals surface area contributed by atoms with E-state index in [1.54, 1.807) is 6.07 Å². The Kier molecular flexibility index (Phi) is 6.01. The van der Waals surface area contributed by atoms with E-state index in [-0.39, 0.29) is 11.5 Å². The zero-order valence-electron chi connectivity index (χ0n) is 11.7. The maximum atomic E-state index is 11.9. The summed E-state index contributed by atoms with van der Waals surface area (Å²) in [4.78, 5) is 28.7. The van der Waals surface area contributed by atoms with Crippen LogP contribution in [-0.4, -0.2) is 58.9 Å². The zero-order valence-corrected chi connectivity index (χ0v) is 12.5. The van der Waals surface area contributed by atoms with Crippen LogP contribution >= 0.6 is 11.8 Å². The normalized spacial score (nSPS) is 15.0. The molecular weight excluding hydrogens is 292 g/mol. The first-order valence-electron chi connectivity index (χ1n) is 6.84. The lowest BCUT2D eigenvalue weighted by Crippen LogP contribution is -2.40. The number of carboxylic acids is 1. The molecule has 21 heavy (non-hydrogen) atoms. The number of thioether (sulfide) groups is 1. The molecule has 1 aliphatic rings. The predicted molar refractivity (Wildman–Crippen MR) is 78.6 cm³/mol. The standard InChI is InChI=1S/C14H18N2O4S/c17-13(16-5-7-20-8-6-16)2-1-9-21-12-10-11(14(18)19)3-4-15-12/h3-4,10H,1-2,5-9H2,(H,18,19). The number of carbonyl (C=O) groups is 2. The van der Waals surface area contributed by atoms with Crippen molar-refractivity contribution in [2.24, 2.45) is 0 Å². The van der Waals surface area contributed by atoms with Crippen molar-refractivity contribution in [1.82, 2.24) is 9.88 Å². The first-order valence-corrected chi connectivity index (χ1v) is 7.83. The quantitative estimate of drug-likeness (QED) is 0.634. The maximum Gasteiger partial charge on any atom is 0.335 e. The van der Waals surface area contributed by atoms with Crippen LogP contribution in [0.1, 0.15) is 23.2 Å². The molecule has 2 rings (SSSR count). The molecule has 1 saturated heterocycles. The van der Waals surface area contributed by atoms with Gasteiger partial charge in [0.2, 0.25) is 5.91 Å². The minimum absolute atomic E-state index is 0.158. The first-order chi connectivity index (χ1) is 10.2. The monoisotopic (exact) mass is 310 g/mol. The van der Waals surface area contributed by atoms with Crippen LogP contribution in [0.4, 0.5) is 0 Å². The highest BCUT2D eigenvalue weighted by Gasteiger charge is 2.16. The van der Waals surface area contributed by atoms with Crippen LogP contribution in [0.15, 0.2) is 23.4 Å². The van der Waals surface area contributed by atoms with Crippen LogP contribution in [0, 0.1) is 0 Å². The second-order valence-corrected chi connectivity index (χ2v) is 5.75. The number of nitrogens with zero attached hydrogens (tertiary/aromatic N) is 2. The van der Waals surface area contributed by atoms with Crippen molar-refractivity contribution in [2.75, 3.05) is 32.1 Å². The fourth-order valence-electron chi connectivity index (χ4n) is 1.99. The predicted octanol–water partition coefficient (Wildman–Crippen LogP) is 1.51. The molecule has 0 spiro atoms. The Morgan fingerprint density at radius 2 is 2.14 bits per heavy atom. The molecule has 114 valence electrons. The number of aromatic nitrogens is 1. The number of carbonyl (C=O) groups excluding carboxylic acids is 1. The smallest absolute Gasteiger partial charge is 0.335 e. The molecule has 0 radical (unpaired) electrons. The van der Waals surface area contributed by atoms with Gasteiger partial charge < -0.3 is 14.7 Å². The third-order valence-electron chi connectivity index (χ3n) is 3.13. The highest BCUT2D eigenvalue weighted by atomic mass is 32.2. The molecule has 0 bridgehead atoms. The highest BCUT2D eigenvalue weighted by Crippen LogP contribution is 2.18. The third-order valence-corrected chi connectivity index (χ3v) is 4.14. The van der Waals surface area contributed by atoms with Gasteiger partial charge in [0.15, 0.2) is 0 Å². The molecule has 1 aromatic heterocycles. The van der Waals surface area contributed by atoms with Crippen LogP contribution in [-0.2, 0) is 9.53 Å². The molecule has 1 N–H and O–H groups in total. The van der Waals surface area contributed by atoms with Crippen molar-refractivity contribution in [3.63, 3.8) is 0 Å².